The van der Waals surface area contributed by atoms with Crippen molar-refractivity contribution in [2.75, 3.05) is 11.9 Å². The van der Waals surface area contributed by atoms with Crippen molar-refractivity contribution >= 4 is 11.6 Å². The first kappa shape index (κ1) is 11.9. The van der Waals surface area contributed by atoms with E-state index in [0.717, 1.165) is 24.9 Å². The van der Waals surface area contributed by atoms with Crippen molar-refractivity contribution in [2.24, 2.45) is 0 Å². The molecule has 1 aliphatic rings. The van der Waals surface area contributed by atoms with Crippen LogP contribution in [0.2, 0.25) is 0 Å². The van der Waals surface area contributed by atoms with Gasteiger partial charge in [0.25, 0.3) is 0 Å². The lowest BCUT2D eigenvalue weighted by Crippen LogP contribution is -2.27. The predicted molar refractivity (Wildman–Crippen MR) is 67.1 cm³/mol. The molecule has 0 aromatic heterocycles. The second-order valence-electron chi connectivity index (χ2n) is 4.55. The molecule has 1 saturated heterocycles. The van der Waals surface area contributed by atoms with Gasteiger partial charge in [-0.2, -0.15) is 0 Å². The van der Waals surface area contributed by atoms with Gasteiger partial charge < -0.3 is 15.7 Å². The third-order valence-electron chi connectivity index (χ3n) is 3.09. The van der Waals surface area contributed by atoms with Gasteiger partial charge in [0.2, 0.25) is 5.91 Å². The van der Waals surface area contributed by atoms with Crippen molar-refractivity contribution in [2.45, 2.75) is 32.2 Å². The lowest BCUT2D eigenvalue weighted by molar-refractivity contribution is -0.116. The quantitative estimate of drug-likeness (QED) is 0.747. The van der Waals surface area contributed by atoms with Gasteiger partial charge in [-0.25, -0.2) is 0 Å². The number of aromatic hydroxyl groups is 1. The summed E-state index contributed by atoms with van der Waals surface area (Å²) in [5.74, 6) is 0.203. The Morgan fingerprint density at radius 2 is 2.41 bits per heavy atom. The summed E-state index contributed by atoms with van der Waals surface area (Å²) in [6, 6.07) is 5.47. The minimum Gasteiger partial charge on any atom is -0.508 e. The number of aryl methyl sites for hydroxylation is 1. The number of phenols is 1. The number of anilines is 1. The van der Waals surface area contributed by atoms with E-state index in [-0.39, 0.29) is 11.7 Å². The van der Waals surface area contributed by atoms with E-state index in [1.807, 2.05) is 6.92 Å². The summed E-state index contributed by atoms with van der Waals surface area (Å²) in [5.41, 5.74) is 1.46. The molecule has 0 radical (unpaired) electrons. The maximum Gasteiger partial charge on any atom is 0.225 e. The summed E-state index contributed by atoms with van der Waals surface area (Å²) in [4.78, 5) is 11.7. The van der Waals surface area contributed by atoms with Gasteiger partial charge in [0.05, 0.1) is 0 Å². The van der Waals surface area contributed by atoms with Crippen LogP contribution in [0, 0.1) is 6.92 Å². The van der Waals surface area contributed by atoms with Crippen LogP contribution in [0.3, 0.4) is 0 Å². The molecule has 92 valence electrons. The fourth-order valence-corrected chi connectivity index (χ4v) is 2.05. The second-order valence-corrected chi connectivity index (χ2v) is 4.55. The number of nitrogens with one attached hydrogen (secondary N) is 2. The largest absolute Gasteiger partial charge is 0.508 e. The predicted octanol–water partition coefficient (Wildman–Crippen LogP) is 1.78. The first-order valence-electron chi connectivity index (χ1n) is 5.98. The highest BCUT2D eigenvalue weighted by Crippen LogP contribution is 2.21. The minimum atomic E-state index is -0.00680. The Balaban J connectivity index is 1.90. The van der Waals surface area contributed by atoms with E-state index in [1.165, 1.54) is 0 Å². The Labute approximate surface area is 101 Å². The van der Waals surface area contributed by atoms with Crippen molar-refractivity contribution in [3.63, 3.8) is 0 Å². The SMILES string of the molecule is Cc1ccc(NC(=O)CC2CCCN2)cc1O. The molecule has 1 amide bonds. The van der Waals surface area contributed by atoms with Crippen molar-refractivity contribution in [1.82, 2.24) is 5.32 Å². The van der Waals surface area contributed by atoms with Gasteiger partial charge in [-0.1, -0.05) is 6.07 Å². The molecule has 1 heterocycles. The zero-order valence-electron chi connectivity index (χ0n) is 9.99. The van der Waals surface area contributed by atoms with Gasteiger partial charge in [-0.05, 0) is 37.9 Å². The van der Waals surface area contributed by atoms with Gasteiger partial charge >= 0.3 is 0 Å². The highest BCUT2D eigenvalue weighted by Gasteiger charge is 2.17. The van der Waals surface area contributed by atoms with Gasteiger partial charge in [0, 0.05) is 24.2 Å². The summed E-state index contributed by atoms with van der Waals surface area (Å²) in [5, 5.41) is 15.6. The number of rotatable bonds is 3. The first-order chi connectivity index (χ1) is 8.15. The highest BCUT2D eigenvalue weighted by molar-refractivity contribution is 5.91. The Hall–Kier alpha value is -1.55. The molecular formula is C13H18N2O2. The topological polar surface area (TPSA) is 61.4 Å². The van der Waals surface area contributed by atoms with Gasteiger partial charge in [-0.15, -0.1) is 0 Å². The van der Waals surface area contributed by atoms with Crippen molar-refractivity contribution < 1.29 is 9.90 Å². The van der Waals surface area contributed by atoms with E-state index in [2.05, 4.69) is 10.6 Å². The first-order valence-corrected chi connectivity index (χ1v) is 5.98. The number of hydrogen-bond donors (Lipinski definition) is 3. The van der Waals surface area contributed by atoms with Crippen LogP contribution in [0.1, 0.15) is 24.8 Å². The number of hydrogen-bond acceptors (Lipinski definition) is 3. The molecule has 17 heavy (non-hydrogen) atoms. The third kappa shape index (κ3) is 3.20. The standard InChI is InChI=1S/C13H18N2O2/c1-9-4-5-11(7-12(9)16)15-13(17)8-10-3-2-6-14-10/h4-5,7,10,14,16H,2-3,6,8H2,1H3,(H,15,17). The van der Waals surface area contributed by atoms with E-state index < -0.39 is 0 Å². The summed E-state index contributed by atoms with van der Waals surface area (Å²) >= 11 is 0. The van der Waals surface area contributed by atoms with Crippen LogP contribution in [0.15, 0.2) is 18.2 Å². The molecule has 1 atom stereocenters. The van der Waals surface area contributed by atoms with Crippen LogP contribution in [-0.2, 0) is 4.79 Å². The molecule has 1 aromatic carbocycles. The molecule has 4 nitrogen and oxygen atoms in total. The minimum absolute atomic E-state index is 0.00680. The van der Waals surface area contributed by atoms with Gasteiger partial charge in [0.15, 0.2) is 0 Å². The summed E-state index contributed by atoms with van der Waals surface area (Å²) in [6.45, 7) is 2.83. The molecule has 0 saturated carbocycles. The van der Waals surface area contributed by atoms with Crippen LogP contribution >= 0.6 is 0 Å². The van der Waals surface area contributed by atoms with Gasteiger partial charge in [0.1, 0.15) is 5.75 Å². The number of benzene rings is 1. The van der Waals surface area contributed by atoms with E-state index in [9.17, 15) is 9.90 Å². The number of carbonyl (C=O) groups is 1. The van der Waals surface area contributed by atoms with Crippen molar-refractivity contribution in [3.8, 4) is 5.75 Å². The zero-order valence-corrected chi connectivity index (χ0v) is 9.99. The average Bonchev–Trinajstić information content (AvgIpc) is 2.76. The monoisotopic (exact) mass is 234 g/mol. The van der Waals surface area contributed by atoms with E-state index in [1.54, 1.807) is 18.2 Å². The summed E-state index contributed by atoms with van der Waals surface area (Å²) in [6.07, 6.45) is 2.70. The molecule has 3 N–H and O–H groups in total. The third-order valence-corrected chi connectivity index (χ3v) is 3.09. The lowest BCUT2D eigenvalue weighted by Gasteiger charge is -2.11. The second kappa shape index (κ2) is 5.19. The van der Waals surface area contributed by atoms with Crippen LogP contribution in [-0.4, -0.2) is 23.6 Å². The summed E-state index contributed by atoms with van der Waals surface area (Å²) in [7, 11) is 0. The highest BCUT2D eigenvalue weighted by atomic mass is 16.3. The van der Waals surface area contributed by atoms with E-state index >= 15 is 0 Å². The number of carbonyl (C=O) groups excluding carboxylic acids is 1. The Kier molecular flexibility index (Phi) is 3.64. The molecule has 0 aliphatic carbocycles. The number of phenolic OH excluding ortho intramolecular Hbond substituents is 1. The van der Waals surface area contributed by atoms with Crippen LogP contribution < -0.4 is 10.6 Å². The molecule has 1 aromatic rings. The molecular weight excluding hydrogens is 216 g/mol. The fourth-order valence-electron chi connectivity index (χ4n) is 2.05. The van der Waals surface area contributed by atoms with Crippen molar-refractivity contribution in [1.29, 1.82) is 0 Å². The Morgan fingerprint density at radius 1 is 1.59 bits per heavy atom. The molecule has 1 fully saturated rings. The number of amides is 1. The Bertz CT molecular complexity index is 412. The fraction of sp³-hybridized carbons (Fsp3) is 0.462. The van der Waals surface area contributed by atoms with Crippen molar-refractivity contribution in [3.05, 3.63) is 23.8 Å². The molecule has 0 spiro atoms. The van der Waals surface area contributed by atoms with E-state index in [4.69, 9.17) is 0 Å². The molecule has 1 aliphatic heterocycles. The van der Waals surface area contributed by atoms with Crippen LogP contribution in [0.25, 0.3) is 0 Å². The smallest absolute Gasteiger partial charge is 0.225 e. The summed E-state index contributed by atoms with van der Waals surface area (Å²) < 4.78 is 0. The zero-order chi connectivity index (χ0) is 12.3. The van der Waals surface area contributed by atoms with E-state index in [0.29, 0.717) is 18.2 Å². The molecule has 0 bridgehead atoms. The molecule has 4 heteroatoms. The molecule has 2 rings (SSSR count). The van der Waals surface area contributed by atoms with Crippen LogP contribution in [0.5, 0.6) is 5.75 Å². The van der Waals surface area contributed by atoms with Crippen LogP contribution in [0.4, 0.5) is 5.69 Å². The Morgan fingerprint density at radius 3 is 3.06 bits per heavy atom. The maximum atomic E-state index is 11.7. The van der Waals surface area contributed by atoms with Gasteiger partial charge in [-0.3, -0.25) is 4.79 Å². The lowest BCUT2D eigenvalue weighted by atomic mass is 10.1. The maximum absolute atomic E-state index is 11.7. The molecule has 1 unspecified atom stereocenters. The normalized spacial score (nSPS) is 19.2. The average molecular weight is 234 g/mol.